The van der Waals surface area contributed by atoms with Crippen LogP contribution in [0.4, 0.5) is 19.0 Å². The summed E-state index contributed by atoms with van der Waals surface area (Å²) in [4.78, 5) is 18.4. The van der Waals surface area contributed by atoms with Crippen molar-refractivity contribution < 1.29 is 27.8 Å². The third-order valence-corrected chi connectivity index (χ3v) is 10.9. The molecule has 0 radical (unpaired) electrons. The predicted octanol–water partition coefficient (Wildman–Crippen LogP) is 6.89. The highest BCUT2D eigenvalue weighted by Gasteiger charge is 2.49. The van der Waals surface area contributed by atoms with Gasteiger partial charge in [-0.3, -0.25) is 9.88 Å². The lowest BCUT2D eigenvalue weighted by atomic mass is 9.85. The Bertz CT molecular complexity index is 1850. The number of halogens is 3. The Morgan fingerprint density at radius 2 is 1.91 bits per heavy atom. The maximum atomic E-state index is 16.9. The van der Waals surface area contributed by atoms with Gasteiger partial charge in [-0.15, -0.1) is 0 Å². The molecular weight excluding hydrogens is 607 g/mol. The number of piperidine rings is 1. The maximum absolute atomic E-state index is 16.9. The summed E-state index contributed by atoms with van der Waals surface area (Å²) < 4.78 is 59.1. The Labute approximate surface area is 271 Å². The number of ether oxygens (including phenoxy) is 2. The van der Waals surface area contributed by atoms with E-state index in [1.807, 2.05) is 6.92 Å². The van der Waals surface area contributed by atoms with Crippen LogP contribution in [0.25, 0.3) is 32.9 Å². The monoisotopic (exact) mass is 647 g/mol. The van der Waals surface area contributed by atoms with Gasteiger partial charge in [0.05, 0.1) is 16.5 Å². The van der Waals surface area contributed by atoms with E-state index in [9.17, 15) is 9.50 Å². The molecule has 1 N–H and O–H groups in total. The molecule has 4 aromatic rings. The van der Waals surface area contributed by atoms with Gasteiger partial charge in [-0.2, -0.15) is 9.97 Å². The van der Waals surface area contributed by atoms with Crippen molar-refractivity contribution in [3.63, 3.8) is 0 Å². The first-order valence-corrected chi connectivity index (χ1v) is 17.0. The Morgan fingerprint density at radius 3 is 2.74 bits per heavy atom. The fourth-order valence-electron chi connectivity index (χ4n) is 8.71. The number of hydrogen-bond donors (Lipinski definition) is 1. The first kappa shape index (κ1) is 30.6. The summed E-state index contributed by atoms with van der Waals surface area (Å²) in [5, 5.41) is 12.1. The van der Waals surface area contributed by atoms with Gasteiger partial charge in [0.15, 0.2) is 5.82 Å². The lowest BCUT2D eigenvalue weighted by Crippen LogP contribution is -2.51. The minimum Gasteiger partial charge on any atom is -0.508 e. The van der Waals surface area contributed by atoms with Crippen LogP contribution in [0, 0.1) is 11.6 Å². The van der Waals surface area contributed by atoms with Crippen molar-refractivity contribution in [2.45, 2.75) is 82.0 Å². The molecule has 11 heteroatoms. The second-order valence-electron chi connectivity index (χ2n) is 13.9. The van der Waals surface area contributed by atoms with Crippen LogP contribution in [0.15, 0.2) is 30.5 Å². The maximum Gasteiger partial charge on any atom is 0.319 e. The average Bonchev–Trinajstić information content (AvgIpc) is 3.59. The van der Waals surface area contributed by atoms with Crippen molar-refractivity contribution in [1.82, 2.24) is 19.9 Å². The van der Waals surface area contributed by atoms with Crippen molar-refractivity contribution in [1.29, 1.82) is 0 Å². The summed E-state index contributed by atoms with van der Waals surface area (Å²) in [5.74, 6) is -0.669. The van der Waals surface area contributed by atoms with E-state index in [2.05, 4.69) is 19.8 Å². The highest BCUT2D eigenvalue weighted by Crippen LogP contribution is 2.43. The minimum atomic E-state index is -0.909. The molecule has 8 rings (SSSR count). The third-order valence-electron chi connectivity index (χ3n) is 10.9. The van der Waals surface area contributed by atoms with E-state index >= 15 is 8.78 Å². The van der Waals surface area contributed by atoms with Crippen molar-refractivity contribution in [2.75, 3.05) is 44.3 Å². The molecule has 2 aromatic heterocycles. The van der Waals surface area contributed by atoms with Gasteiger partial charge in [-0.1, -0.05) is 13.0 Å². The van der Waals surface area contributed by atoms with Gasteiger partial charge in [0, 0.05) is 44.4 Å². The summed E-state index contributed by atoms with van der Waals surface area (Å²) in [6.07, 6.45) is 8.16. The van der Waals surface area contributed by atoms with Gasteiger partial charge in [0.2, 0.25) is 0 Å². The molecule has 8 nitrogen and oxygen atoms in total. The van der Waals surface area contributed by atoms with Crippen LogP contribution < -0.4 is 9.64 Å². The van der Waals surface area contributed by atoms with E-state index in [0.29, 0.717) is 60.0 Å². The fraction of sp³-hybridized carbons (Fsp3) is 0.528. The van der Waals surface area contributed by atoms with Gasteiger partial charge < -0.3 is 19.5 Å². The number of aromatic hydroxyl groups is 1. The van der Waals surface area contributed by atoms with E-state index in [0.717, 1.165) is 58.1 Å². The van der Waals surface area contributed by atoms with Crippen LogP contribution in [0.5, 0.6) is 11.8 Å². The lowest BCUT2D eigenvalue weighted by molar-refractivity contribution is -0.0847. The number of nitrogens with zero attached hydrogens (tertiary/aromatic N) is 5. The molecule has 0 aliphatic carbocycles. The average molecular weight is 648 g/mol. The number of aromatic nitrogens is 3. The molecule has 1 unspecified atom stereocenters. The Morgan fingerprint density at radius 1 is 1.06 bits per heavy atom. The van der Waals surface area contributed by atoms with E-state index in [-0.39, 0.29) is 40.7 Å². The topological polar surface area (TPSA) is 83.8 Å². The summed E-state index contributed by atoms with van der Waals surface area (Å²) in [5.41, 5.74) is -0.0268. The van der Waals surface area contributed by atoms with Crippen LogP contribution in [-0.4, -0.2) is 81.7 Å². The largest absolute Gasteiger partial charge is 0.508 e. The third kappa shape index (κ3) is 5.26. The number of phenols is 1. The molecule has 0 saturated carbocycles. The van der Waals surface area contributed by atoms with Crippen molar-refractivity contribution in [2.24, 2.45) is 0 Å². The molecule has 3 atom stereocenters. The number of aryl methyl sites for hydroxylation is 1. The Kier molecular flexibility index (Phi) is 7.67. The molecule has 4 aliphatic rings. The van der Waals surface area contributed by atoms with Crippen LogP contribution in [0.2, 0.25) is 0 Å². The quantitative estimate of drug-likeness (QED) is 0.243. The standard InChI is InChI=1S/C36H40F3N5O3/c1-2-25-28(38)8-7-22-15-24(45)16-26(29(22)25)31-30(39)32-27(18-40-31)33(43-12-6-11-36(20-43)10-3-4-14-47-36)42-34(41-32)46-21-35-9-5-13-44(35)19-23(37)17-35/h7-8,15-16,18,23,45H,2-6,9-14,17,19-21H2,1H3/t23-,35+,36?/m1/s1. The van der Waals surface area contributed by atoms with Gasteiger partial charge in [-0.25, -0.2) is 13.2 Å². The second-order valence-corrected chi connectivity index (χ2v) is 13.9. The van der Waals surface area contributed by atoms with E-state index in [4.69, 9.17) is 14.5 Å². The summed E-state index contributed by atoms with van der Waals surface area (Å²) in [7, 11) is 0. The van der Waals surface area contributed by atoms with E-state index in [1.165, 1.54) is 12.1 Å². The number of hydrogen-bond acceptors (Lipinski definition) is 8. The first-order chi connectivity index (χ1) is 22.8. The molecule has 0 bridgehead atoms. The number of phenolic OH excluding ortho intramolecular Hbond substituents is 1. The molecule has 47 heavy (non-hydrogen) atoms. The molecule has 1 spiro atoms. The first-order valence-electron chi connectivity index (χ1n) is 17.0. The molecular formula is C36H40F3N5O3. The van der Waals surface area contributed by atoms with E-state index in [1.54, 1.807) is 18.3 Å². The van der Waals surface area contributed by atoms with Crippen LogP contribution >= 0.6 is 0 Å². The molecule has 248 valence electrons. The SMILES string of the molecule is CCc1c(F)ccc2cc(O)cc(-c3ncc4c(N5CCCC6(CCCCO6)C5)nc(OC[C@@]56CCCN5C[C@H](F)C6)nc4c3F)c12. The van der Waals surface area contributed by atoms with Crippen LogP contribution in [0.3, 0.4) is 0 Å². The zero-order valence-electron chi connectivity index (χ0n) is 26.7. The Balaban J connectivity index is 1.26. The number of fused-ring (bicyclic) bond motifs is 3. The highest BCUT2D eigenvalue weighted by molar-refractivity contribution is 6.01. The Hall–Kier alpha value is -3.70. The van der Waals surface area contributed by atoms with Crippen molar-refractivity contribution >= 4 is 27.5 Å². The molecule has 6 heterocycles. The molecule has 4 saturated heterocycles. The van der Waals surface area contributed by atoms with Gasteiger partial charge >= 0.3 is 6.01 Å². The number of pyridine rings is 1. The highest BCUT2D eigenvalue weighted by atomic mass is 19.1. The van der Waals surface area contributed by atoms with Crippen LogP contribution in [-0.2, 0) is 11.2 Å². The minimum absolute atomic E-state index is 0.0253. The molecule has 2 aromatic carbocycles. The summed E-state index contributed by atoms with van der Waals surface area (Å²) >= 11 is 0. The molecule has 0 amide bonds. The number of alkyl halides is 1. The van der Waals surface area contributed by atoms with Gasteiger partial charge in [0.25, 0.3) is 0 Å². The fourth-order valence-corrected chi connectivity index (χ4v) is 8.71. The zero-order chi connectivity index (χ0) is 32.3. The smallest absolute Gasteiger partial charge is 0.319 e. The zero-order valence-corrected chi connectivity index (χ0v) is 26.7. The van der Waals surface area contributed by atoms with Crippen LogP contribution in [0.1, 0.15) is 63.9 Å². The van der Waals surface area contributed by atoms with Gasteiger partial charge in [-0.05, 0) is 92.4 Å². The molecule has 4 fully saturated rings. The predicted molar refractivity (Wildman–Crippen MR) is 174 cm³/mol. The summed E-state index contributed by atoms with van der Waals surface area (Å²) in [6.45, 7) is 5.30. The van der Waals surface area contributed by atoms with Crippen molar-refractivity contribution in [3.8, 4) is 23.0 Å². The summed E-state index contributed by atoms with van der Waals surface area (Å²) in [6, 6.07) is 5.93. The van der Waals surface area contributed by atoms with E-state index < -0.39 is 23.3 Å². The van der Waals surface area contributed by atoms with Crippen molar-refractivity contribution in [3.05, 3.63) is 47.7 Å². The number of rotatable bonds is 6. The number of benzene rings is 2. The van der Waals surface area contributed by atoms with Gasteiger partial charge in [0.1, 0.15) is 41.4 Å². The number of anilines is 1. The molecule has 4 aliphatic heterocycles. The second kappa shape index (κ2) is 11.8. The normalized spacial score (nSPS) is 26.5. The lowest BCUT2D eigenvalue weighted by Gasteiger charge is -2.45.